The van der Waals surface area contributed by atoms with Crippen molar-refractivity contribution >= 4 is 33.7 Å². The quantitative estimate of drug-likeness (QED) is 0.760. The number of thiazole rings is 2. The van der Waals surface area contributed by atoms with E-state index >= 15 is 0 Å². The third kappa shape index (κ3) is 4.00. The lowest BCUT2D eigenvalue weighted by molar-refractivity contribution is -0.115. The van der Waals surface area contributed by atoms with E-state index < -0.39 is 0 Å². The first-order valence-electron chi connectivity index (χ1n) is 7.23. The lowest BCUT2D eigenvalue weighted by Crippen LogP contribution is -2.14. The number of aromatic nitrogens is 3. The van der Waals surface area contributed by atoms with Gasteiger partial charge in [0.1, 0.15) is 5.01 Å². The van der Waals surface area contributed by atoms with Crippen molar-refractivity contribution in [1.82, 2.24) is 15.0 Å². The molecule has 0 saturated heterocycles. The summed E-state index contributed by atoms with van der Waals surface area (Å²) in [4.78, 5) is 25.3. The summed E-state index contributed by atoms with van der Waals surface area (Å²) in [7, 11) is 0. The molecule has 23 heavy (non-hydrogen) atoms. The number of nitrogens with one attached hydrogen (secondary N) is 1. The van der Waals surface area contributed by atoms with E-state index in [4.69, 9.17) is 0 Å². The lowest BCUT2D eigenvalue weighted by atomic mass is 10.2. The maximum atomic E-state index is 12.1. The lowest BCUT2D eigenvalue weighted by Gasteiger charge is -2.00. The molecular weight excluding hydrogens is 328 g/mol. The van der Waals surface area contributed by atoms with Crippen LogP contribution in [0.4, 0.5) is 5.13 Å². The van der Waals surface area contributed by atoms with Crippen molar-refractivity contribution in [2.75, 3.05) is 5.32 Å². The maximum absolute atomic E-state index is 12.1. The Balaban J connectivity index is 1.63. The Bertz CT molecular complexity index is 795. The van der Waals surface area contributed by atoms with Gasteiger partial charge in [-0.2, -0.15) is 0 Å². The zero-order valence-corrected chi connectivity index (χ0v) is 14.4. The molecule has 3 aromatic heterocycles. The average Bonchev–Trinajstić information content (AvgIpc) is 3.18. The van der Waals surface area contributed by atoms with Gasteiger partial charge in [-0.15, -0.1) is 22.7 Å². The summed E-state index contributed by atoms with van der Waals surface area (Å²) in [6.07, 6.45) is 1.97. The van der Waals surface area contributed by atoms with Crippen LogP contribution in [-0.4, -0.2) is 20.9 Å². The van der Waals surface area contributed by atoms with Crippen molar-refractivity contribution < 1.29 is 4.79 Å². The van der Waals surface area contributed by atoms with Gasteiger partial charge < -0.3 is 5.32 Å². The van der Waals surface area contributed by atoms with Crippen LogP contribution in [0.2, 0.25) is 0 Å². The highest BCUT2D eigenvalue weighted by molar-refractivity contribution is 7.14. The molecule has 118 valence electrons. The van der Waals surface area contributed by atoms with Gasteiger partial charge in [-0.25, -0.2) is 9.97 Å². The Hall–Kier alpha value is -2.12. The minimum atomic E-state index is -0.104. The molecule has 0 unspecified atom stereocenters. The van der Waals surface area contributed by atoms with Crippen molar-refractivity contribution in [3.05, 3.63) is 46.5 Å². The number of anilines is 1. The number of hydrogen-bond donors (Lipinski definition) is 1. The summed E-state index contributed by atoms with van der Waals surface area (Å²) < 4.78 is 0. The van der Waals surface area contributed by atoms with Crippen LogP contribution >= 0.6 is 22.7 Å². The van der Waals surface area contributed by atoms with Gasteiger partial charge in [-0.1, -0.05) is 19.9 Å². The molecule has 0 aliphatic carbocycles. The van der Waals surface area contributed by atoms with Crippen LogP contribution in [0.1, 0.15) is 31.2 Å². The topological polar surface area (TPSA) is 67.8 Å². The Morgan fingerprint density at radius 2 is 2.09 bits per heavy atom. The molecule has 0 bridgehead atoms. The fourth-order valence-corrected chi connectivity index (χ4v) is 3.62. The van der Waals surface area contributed by atoms with Gasteiger partial charge in [0.25, 0.3) is 0 Å². The van der Waals surface area contributed by atoms with E-state index in [-0.39, 0.29) is 12.3 Å². The second-order valence-corrected chi connectivity index (χ2v) is 7.03. The largest absolute Gasteiger partial charge is 0.302 e. The third-order valence-electron chi connectivity index (χ3n) is 3.14. The van der Waals surface area contributed by atoms with Crippen LogP contribution in [0.5, 0.6) is 0 Å². The van der Waals surface area contributed by atoms with Gasteiger partial charge in [0.15, 0.2) is 5.13 Å². The molecule has 3 heterocycles. The molecule has 0 spiro atoms. The number of rotatable bonds is 5. The number of nitrogens with zero attached hydrogens (tertiary/aromatic N) is 3. The summed E-state index contributed by atoms with van der Waals surface area (Å²) in [5, 5.41) is 8.16. The number of amides is 1. The molecular formula is C16H16N4OS2. The van der Waals surface area contributed by atoms with E-state index in [1.54, 1.807) is 6.20 Å². The Labute approximate surface area is 142 Å². The third-order valence-corrected chi connectivity index (χ3v) is 4.83. The van der Waals surface area contributed by atoms with Crippen LogP contribution in [0.25, 0.3) is 10.7 Å². The molecule has 0 saturated carbocycles. The fourth-order valence-electron chi connectivity index (χ4n) is 1.93. The second-order valence-electron chi connectivity index (χ2n) is 5.32. The first-order valence-corrected chi connectivity index (χ1v) is 8.99. The highest BCUT2D eigenvalue weighted by atomic mass is 32.1. The zero-order chi connectivity index (χ0) is 16.2. The van der Waals surface area contributed by atoms with Gasteiger partial charge >= 0.3 is 0 Å². The van der Waals surface area contributed by atoms with E-state index in [2.05, 4.69) is 34.1 Å². The highest BCUT2D eigenvalue weighted by Gasteiger charge is 2.12. The van der Waals surface area contributed by atoms with Crippen molar-refractivity contribution in [3.63, 3.8) is 0 Å². The molecule has 1 N–H and O–H groups in total. The number of carbonyl (C=O) groups excluding carboxylic acids is 1. The normalized spacial score (nSPS) is 10.9. The Kier molecular flexibility index (Phi) is 4.78. The SMILES string of the molecule is CC(C)c1csc(NC(=O)Cc2csc(-c3ccccn3)n2)n1. The monoisotopic (exact) mass is 344 g/mol. The molecule has 0 atom stereocenters. The summed E-state index contributed by atoms with van der Waals surface area (Å²) in [5.74, 6) is 0.254. The summed E-state index contributed by atoms with van der Waals surface area (Å²) in [6.45, 7) is 4.16. The van der Waals surface area contributed by atoms with Gasteiger partial charge in [0.05, 0.1) is 23.5 Å². The van der Waals surface area contributed by atoms with E-state index in [9.17, 15) is 4.79 Å². The summed E-state index contributed by atoms with van der Waals surface area (Å²) in [5.41, 5.74) is 2.57. The number of hydrogen-bond acceptors (Lipinski definition) is 6. The van der Waals surface area contributed by atoms with Gasteiger partial charge in [0.2, 0.25) is 5.91 Å². The van der Waals surface area contributed by atoms with Crippen LogP contribution in [0.15, 0.2) is 35.2 Å². The molecule has 0 radical (unpaired) electrons. The Morgan fingerprint density at radius 3 is 2.78 bits per heavy atom. The number of pyridine rings is 1. The summed E-state index contributed by atoms with van der Waals surface area (Å²) >= 11 is 2.94. The predicted octanol–water partition coefficient (Wildman–Crippen LogP) is 3.97. The molecule has 7 heteroatoms. The van der Waals surface area contributed by atoms with E-state index in [0.717, 1.165) is 22.1 Å². The Morgan fingerprint density at radius 1 is 1.22 bits per heavy atom. The minimum Gasteiger partial charge on any atom is -0.302 e. The van der Waals surface area contributed by atoms with Crippen molar-refractivity contribution in [3.8, 4) is 10.7 Å². The van der Waals surface area contributed by atoms with Crippen molar-refractivity contribution in [2.45, 2.75) is 26.2 Å². The second kappa shape index (κ2) is 6.97. The molecule has 3 rings (SSSR count). The van der Waals surface area contributed by atoms with Crippen molar-refractivity contribution in [1.29, 1.82) is 0 Å². The van der Waals surface area contributed by atoms with Crippen LogP contribution in [0.3, 0.4) is 0 Å². The van der Waals surface area contributed by atoms with E-state index in [1.807, 2.05) is 29.0 Å². The first kappa shape index (κ1) is 15.8. The molecule has 5 nitrogen and oxygen atoms in total. The fraction of sp³-hybridized carbons (Fsp3) is 0.250. The average molecular weight is 344 g/mol. The van der Waals surface area contributed by atoms with Crippen molar-refractivity contribution in [2.24, 2.45) is 0 Å². The van der Waals surface area contributed by atoms with Crippen LogP contribution in [0, 0.1) is 0 Å². The minimum absolute atomic E-state index is 0.104. The predicted molar refractivity (Wildman–Crippen MR) is 93.9 cm³/mol. The maximum Gasteiger partial charge on any atom is 0.232 e. The molecule has 3 aromatic rings. The van der Waals surface area contributed by atoms with Crippen LogP contribution in [-0.2, 0) is 11.2 Å². The van der Waals surface area contributed by atoms with Gasteiger partial charge in [-0.05, 0) is 18.1 Å². The van der Waals surface area contributed by atoms with E-state index in [1.165, 1.54) is 22.7 Å². The smallest absolute Gasteiger partial charge is 0.232 e. The molecule has 0 fully saturated rings. The highest BCUT2D eigenvalue weighted by Crippen LogP contribution is 2.23. The summed E-state index contributed by atoms with van der Waals surface area (Å²) in [6, 6.07) is 5.70. The van der Waals surface area contributed by atoms with Gasteiger partial charge in [0, 0.05) is 17.0 Å². The first-order chi connectivity index (χ1) is 11.1. The molecule has 0 aliphatic heterocycles. The molecule has 0 aromatic carbocycles. The standard InChI is InChI=1S/C16H16N4OS2/c1-10(2)13-9-23-16(19-13)20-14(21)7-11-8-22-15(18-11)12-5-3-4-6-17-12/h3-6,8-10H,7H2,1-2H3,(H,19,20,21). The molecule has 0 aliphatic rings. The van der Waals surface area contributed by atoms with Crippen LogP contribution < -0.4 is 5.32 Å². The number of carbonyl (C=O) groups is 1. The van der Waals surface area contributed by atoms with E-state index in [0.29, 0.717) is 11.0 Å². The zero-order valence-electron chi connectivity index (χ0n) is 12.8. The van der Waals surface area contributed by atoms with Gasteiger partial charge in [-0.3, -0.25) is 9.78 Å². The molecule has 1 amide bonds.